The molecule has 1 aliphatic heterocycles. The molecule has 0 aliphatic carbocycles. The smallest absolute Gasteiger partial charge is 0.266 e. The number of aromatic nitrogens is 5. The number of pyridine rings is 1. The molecular formula is C56H72N8O13S. The maximum absolute atomic E-state index is 13.6. The fourth-order valence-electron chi connectivity index (χ4n) is 8.06. The molecule has 0 radical (unpaired) electrons. The number of β-amino-alcohol motifs (C(OH)–C–C–N with tert-alkyl or cyclic N) is 1. The van der Waals surface area contributed by atoms with Crippen molar-refractivity contribution in [2.24, 2.45) is 12.5 Å². The highest BCUT2D eigenvalue weighted by molar-refractivity contribution is 7.13. The normalized spacial score (nSPS) is 14.7. The number of amides is 3. The Morgan fingerprint density at radius 2 is 1.50 bits per heavy atom. The van der Waals surface area contributed by atoms with Crippen molar-refractivity contribution in [2.45, 2.75) is 85.5 Å². The van der Waals surface area contributed by atoms with Gasteiger partial charge in [-0.25, -0.2) is 19.6 Å². The number of ketones is 1. The van der Waals surface area contributed by atoms with Crippen molar-refractivity contribution >= 4 is 45.9 Å². The number of rotatable bonds is 28. The lowest BCUT2D eigenvalue weighted by molar-refractivity contribution is -0.144. The van der Waals surface area contributed by atoms with Crippen LogP contribution in [0.3, 0.4) is 0 Å². The van der Waals surface area contributed by atoms with Gasteiger partial charge in [0.1, 0.15) is 41.3 Å². The number of aliphatic hydroxyl groups excluding tert-OH is 1. The molecule has 78 heavy (non-hydrogen) atoms. The molecule has 420 valence electrons. The van der Waals surface area contributed by atoms with E-state index in [4.69, 9.17) is 32.8 Å². The number of aryl methyl sites for hydroxylation is 2. The summed E-state index contributed by atoms with van der Waals surface area (Å²) in [6.45, 7) is 17.0. The number of fused-ring (bicyclic) bond motifs is 1. The van der Waals surface area contributed by atoms with Gasteiger partial charge in [0.2, 0.25) is 23.6 Å². The van der Waals surface area contributed by atoms with E-state index in [-0.39, 0.29) is 61.5 Å². The zero-order valence-corrected chi connectivity index (χ0v) is 46.3. The number of oxazole rings is 1. The fourth-order valence-corrected chi connectivity index (χ4v) is 8.87. The van der Waals surface area contributed by atoms with Crippen LogP contribution < -0.4 is 20.9 Å². The van der Waals surface area contributed by atoms with E-state index in [1.165, 1.54) is 21.8 Å². The van der Waals surface area contributed by atoms with Gasteiger partial charge in [0.25, 0.3) is 5.56 Å². The Kier molecular flexibility index (Phi) is 23.5. The number of aliphatic hydroxyl groups is 1. The van der Waals surface area contributed by atoms with Gasteiger partial charge in [-0.2, -0.15) is 5.10 Å². The highest BCUT2D eigenvalue weighted by Crippen LogP contribution is 2.29. The van der Waals surface area contributed by atoms with E-state index in [1.807, 2.05) is 77.4 Å². The number of Topliss-reactive ketones (excluding diaryl/α,β-unsaturated/α-hetero) is 1. The number of thiazole rings is 1. The molecule has 7 rings (SSSR count). The molecule has 1 fully saturated rings. The van der Waals surface area contributed by atoms with Gasteiger partial charge in [0.05, 0.1) is 81.2 Å². The Labute approximate surface area is 458 Å². The van der Waals surface area contributed by atoms with Crippen LogP contribution in [0.1, 0.15) is 74.8 Å². The van der Waals surface area contributed by atoms with E-state index >= 15 is 0 Å². The average Bonchev–Trinajstić information content (AvgIpc) is 4.22. The Hall–Kier alpha value is -6.79. The van der Waals surface area contributed by atoms with Crippen molar-refractivity contribution in [3.05, 3.63) is 111 Å². The lowest BCUT2D eigenvalue weighted by Crippen LogP contribution is -2.57. The van der Waals surface area contributed by atoms with Gasteiger partial charge in [-0.15, -0.1) is 11.3 Å². The number of nitrogens with zero attached hydrogens (tertiary/aromatic N) is 6. The number of likely N-dealkylation sites (tertiary alicyclic amines) is 1. The summed E-state index contributed by atoms with van der Waals surface area (Å²) in [5.74, 6) is -0.290. The minimum Gasteiger partial charge on any atom is -0.490 e. The number of hydrogen-bond acceptors (Lipinski definition) is 18. The Morgan fingerprint density at radius 1 is 0.833 bits per heavy atom. The van der Waals surface area contributed by atoms with Crippen LogP contribution in [0.25, 0.3) is 33.1 Å². The predicted octanol–water partition coefficient (Wildman–Crippen LogP) is 5.53. The minimum absolute atomic E-state index is 0.0429. The van der Waals surface area contributed by atoms with E-state index in [1.54, 1.807) is 48.7 Å². The van der Waals surface area contributed by atoms with Gasteiger partial charge in [0.15, 0.2) is 11.4 Å². The van der Waals surface area contributed by atoms with Crippen LogP contribution in [0.4, 0.5) is 0 Å². The fraction of sp³-hybridized carbons (Fsp3) is 0.482. The lowest BCUT2D eigenvalue weighted by atomic mass is 9.85. The summed E-state index contributed by atoms with van der Waals surface area (Å²) in [4.78, 5) is 79.0. The molecule has 22 heteroatoms. The van der Waals surface area contributed by atoms with Gasteiger partial charge in [0, 0.05) is 58.7 Å². The van der Waals surface area contributed by atoms with Crippen LogP contribution in [-0.4, -0.2) is 156 Å². The van der Waals surface area contributed by atoms with Gasteiger partial charge >= 0.3 is 0 Å². The first-order valence-electron chi connectivity index (χ1n) is 26.0. The third kappa shape index (κ3) is 18.4. The summed E-state index contributed by atoms with van der Waals surface area (Å²) in [7, 11) is 1.56. The van der Waals surface area contributed by atoms with Crippen molar-refractivity contribution in [3.8, 4) is 27.8 Å². The molecule has 0 unspecified atom stereocenters. The molecule has 4 aromatic heterocycles. The van der Waals surface area contributed by atoms with E-state index in [0.717, 1.165) is 27.3 Å². The third-order valence-corrected chi connectivity index (χ3v) is 13.2. The largest absolute Gasteiger partial charge is 0.490 e. The summed E-state index contributed by atoms with van der Waals surface area (Å²) < 4.78 is 39.4. The summed E-state index contributed by atoms with van der Waals surface area (Å²) >= 11 is 1.58. The number of carbonyl (C=O) groups excluding carboxylic acids is 4. The second kappa shape index (κ2) is 30.4. The number of carbonyl (C=O) groups is 4. The zero-order chi connectivity index (χ0) is 56.0. The standard InChI is InChI=1S/C29H34N4O8.C27H38N4O5S/c1-3-36-10-11-37-12-13-38-14-15-39-16-17-40-22-5-6-23(30-20-22)26(34)19-21-4-8-27-25(18-21)31-29(41-27)24-7-9-28(35)33(2)32-24;1-6-36-12-11-22(33)30-24(27(3,4)5)26(35)31-15-20(32)13-21(31)25(34)28-14-18-7-9-19(10-8-18)23-17(2)29-16-37-23/h4-9,18,20H,3,10-17,19H2,1-2H3;7-10,16,20-21,24,32H,6,11-15H2,1-5H3,(H,28,34)(H,30,33)/t;20-,21+,24-/m.1/s1. The molecule has 3 N–H and O–H groups in total. The maximum atomic E-state index is 13.6. The molecule has 2 aromatic carbocycles. The van der Waals surface area contributed by atoms with Crippen LogP contribution in [0.2, 0.25) is 0 Å². The minimum atomic E-state index is -0.843. The van der Waals surface area contributed by atoms with Crippen LogP contribution in [-0.2, 0) is 58.1 Å². The van der Waals surface area contributed by atoms with Gasteiger partial charge < -0.3 is 53.5 Å². The number of ether oxygens (including phenoxy) is 6. The quantitative estimate of drug-likeness (QED) is 0.0403. The molecule has 21 nitrogen and oxygen atoms in total. The molecule has 1 aliphatic rings. The summed E-state index contributed by atoms with van der Waals surface area (Å²) in [6.07, 6.45) is 1.15. The highest BCUT2D eigenvalue weighted by atomic mass is 32.1. The van der Waals surface area contributed by atoms with Crippen LogP contribution in [0.15, 0.2) is 87.6 Å². The summed E-state index contributed by atoms with van der Waals surface area (Å²) in [5, 5.41) is 20.2. The molecule has 3 atom stereocenters. The van der Waals surface area contributed by atoms with Crippen LogP contribution >= 0.6 is 11.3 Å². The van der Waals surface area contributed by atoms with Gasteiger partial charge in [-0.1, -0.05) is 51.1 Å². The Bertz CT molecular complexity index is 2920. The summed E-state index contributed by atoms with van der Waals surface area (Å²) in [5.41, 5.74) is 6.67. The van der Waals surface area contributed by atoms with Crippen molar-refractivity contribution < 1.29 is 57.1 Å². The average molecular weight is 1100 g/mol. The lowest BCUT2D eigenvalue weighted by Gasteiger charge is -2.35. The molecular weight excluding hydrogens is 1020 g/mol. The van der Waals surface area contributed by atoms with E-state index < -0.39 is 23.6 Å². The first-order chi connectivity index (χ1) is 37.5. The monoisotopic (exact) mass is 1100 g/mol. The molecule has 0 saturated carbocycles. The Balaban J connectivity index is 0.000000254. The van der Waals surface area contributed by atoms with E-state index in [2.05, 4.69) is 30.7 Å². The summed E-state index contributed by atoms with van der Waals surface area (Å²) in [6, 6.07) is 17.9. The zero-order valence-electron chi connectivity index (χ0n) is 45.5. The van der Waals surface area contributed by atoms with Gasteiger partial charge in [-0.05, 0) is 73.2 Å². The molecule has 5 heterocycles. The number of benzene rings is 2. The molecule has 6 aromatic rings. The van der Waals surface area contributed by atoms with Crippen molar-refractivity contribution in [1.29, 1.82) is 0 Å². The number of nitrogens with one attached hydrogen (secondary N) is 2. The topological polar surface area (TPSA) is 258 Å². The van der Waals surface area contributed by atoms with Gasteiger partial charge in [-0.3, -0.25) is 24.0 Å². The predicted molar refractivity (Wildman–Crippen MR) is 292 cm³/mol. The molecule has 0 spiro atoms. The second-order valence-corrected chi connectivity index (χ2v) is 20.1. The third-order valence-electron chi connectivity index (χ3n) is 12.2. The first-order valence-corrected chi connectivity index (χ1v) is 26.9. The number of hydrogen-bond donors (Lipinski definition) is 3. The van der Waals surface area contributed by atoms with E-state index in [9.17, 15) is 29.1 Å². The Morgan fingerprint density at radius 3 is 2.13 bits per heavy atom. The first kappa shape index (κ1) is 60.4. The maximum Gasteiger partial charge on any atom is 0.266 e. The van der Waals surface area contributed by atoms with Crippen LogP contribution in [0, 0.1) is 12.3 Å². The highest BCUT2D eigenvalue weighted by Gasteiger charge is 2.44. The molecule has 0 bridgehead atoms. The van der Waals surface area contributed by atoms with Crippen molar-refractivity contribution in [1.82, 2.24) is 40.3 Å². The SMILES string of the molecule is CCOCCC(=O)N[C@H](C(=O)N1C[C@H](O)C[C@H]1C(=O)NCc1ccc(-c2scnc2C)cc1)C(C)(C)C.CCOCCOCCOCCOCCOc1ccc(C(=O)Cc2ccc3oc(-c4ccc(=O)n(C)n4)nc3c2)nc1. The second-order valence-electron chi connectivity index (χ2n) is 19.3. The molecule has 3 amide bonds. The van der Waals surface area contributed by atoms with Crippen molar-refractivity contribution in [2.75, 3.05) is 79.2 Å². The van der Waals surface area contributed by atoms with Crippen LogP contribution in [0.5, 0.6) is 5.75 Å². The molecule has 1 saturated heterocycles. The van der Waals surface area contributed by atoms with E-state index in [0.29, 0.717) is 107 Å². The van der Waals surface area contributed by atoms with Crippen molar-refractivity contribution in [3.63, 3.8) is 0 Å².